The van der Waals surface area contributed by atoms with Gasteiger partial charge in [0.15, 0.2) is 0 Å². The van der Waals surface area contributed by atoms with Gasteiger partial charge < -0.3 is 10.3 Å². The van der Waals surface area contributed by atoms with Crippen molar-refractivity contribution < 1.29 is 0 Å². The highest BCUT2D eigenvalue weighted by molar-refractivity contribution is 5.78. The Bertz CT molecular complexity index is 911. The third kappa shape index (κ3) is 2.31. The molecule has 0 atom stereocenters. The minimum atomic E-state index is 0.657. The Kier molecular flexibility index (Phi) is 2.78. The van der Waals surface area contributed by atoms with Crippen LogP contribution in [0.15, 0.2) is 60.8 Å². The number of rotatable bonds is 3. The number of fused-ring (bicyclic) bond motifs is 2. The highest BCUT2D eigenvalue weighted by atomic mass is 15.0. The smallest absolute Gasteiger partial charge is 0.139 e. The molecular formula is C17H14N4. The van der Waals surface area contributed by atoms with Crippen molar-refractivity contribution in [2.75, 3.05) is 5.32 Å². The molecule has 3 aromatic heterocycles. The highest BCUT2D eigenvalue weighted by Crippen LogP contribution is 2.15. The van der Waals surface area contributed by atoms with Gasteiger partial charge in [-0.1, -0.05) is 24.3 Å². The van der Waals surface area contributed by atoms with E-state index in [1.165, 1.54) is 0 Å². The molecule has 0 aliphatic rings. The molecule has 0 amide bonds. The molecule has 0 radical (unpaired) electrons. The van der Waals surface area contributed by atoms with E-state index in [4.69, 9.17) is 0 Å². The van der Waals surface area contributed by atoms with E-state index >= 15 is 0 Å². The lowest BCUT2D eigenvalue weighted by Gasteiger charge is -2.06. The van der Waals surface area contributed by atoms with Crippen LogP contribution in [0.25, 0.3) is 21.9 Å². The fourth-order valence-corrected chi connectivity index (χ4v) is 2.42. The molecule has 3 heterocycles. The number of hydrogen-bond donors (Lipinski definition) is 2. The lowest BCUT2D eigenvalue weighted by atomic mass is 10.2. The van der Waals surface area contributed by atoms with Crippen LogP contribution in [0.3, 0.4) is 0 Å². The molecule has 0 bridgehead atoms. The van der Waals surface area contributed by atoms with Crippen LogP contribution < -0.4 is 5.32 Å². The molecular weight excluding hydrogens is 260 g/mol. The van der Waals surface area contributed by atoms with E-state index in [0.717, 1.165) is 33.4 Å². The summed E-state index contributed by atoms with van der Waals surface area (Å²) in [6.07, 6.45) is 1.90. The first-order valence-electron chi connectivity index (χ1n) is 6.91. The van der Waals surface area contributed by atoms with Gasteiger partial charge in [-0.3, -0.25) is 4.98 Å². The molecule has 4 rings (SSSR count). The molecule has 2 N–H and O–H groups in total. The fraction of sp³-hybridized carbons (Fsp3) is 0.0588. The Morgan fingerprint density at radius 2 is 1.76 bits per heavy atom. The van der Waals surface area contributed by atoms with Crippen molar-refractivity contribution in [1.29, 1.82) is 0 Å². The van der Waals surface area contributed by atoms with Crippen LogP contribution in [0, 0.1) is 0 Å². The van der Waals surface area contributed by atoms with E-state index in [0.29, 0.717) is 6.54 Å². The van der Waals surface area contributed by atoms with Crippen molar-refractivity contribution in [2.24, 2.45) is 0 Å². The summed E-state index contributed by atoms with van der Waals surface area (Å²) in [5, 5.41) is 5.59. The zero-order chi connectivity index (χ0) is 14.1. The summed E-state index contributed by atoms with van der Waals surface area (Å²) in [7, 11) is 0. The van der Waals surface area contributed by atoms with Gasteiger partial charge in [0.05, 0.1) is 17.8 Å². The first kappa shape index (κ1) is 11.9. The van der Waals surface area contributed by atoms with E-state index in [2.05, 4.69) is 38.5 Å². The predicted octanol–water partition coefficient (Wildman–Crippen LogP) is 3.72. The zero-order valence-electron chi connectivity index (χ0n) is 11.4. The van der Waals surface area contributed by atoms with Crippen LogP contribution in [0.1, 0.15) is 5.69 Å². The first-order chi connectivity index (χ1) is 10.4. The van der Waals surface area contributed by atoms with Crippen molar-refractivity contribution in [3.8, 4) is 0 Å². The van der Waals surface area contributed by atoms with Gasteiger partial charge in [-0.05, 0) is 30.3 Å². The van der Waals surface area contributed by atoms with Gasteiger partial charge in [-0.2, -0.15) is 0 Å². The average molecular weight is 274 g/mol. The molecule has 102 valence electrons. The predicted molar refractivity (Wildman–Crippen MR) is 85.2 cm³/mol. The summed E-state index contributed by atoms with van der Waals surface area (Å²) in [6, 6.07) is 18.3. The van der Waals surface area contributed by atoms with Gasteiger partial charge in [0.1, 0.15) is 11.5 Å². The van der Waals surface area contributed by atoms with Gasteiger partial charge >= 0.3 is 0 Å². The molecule has 21 heavy (non-hydrogen) atoms. The number of anilines is 1. The Morgan fingerprint density at radius 1 is 0.857 bits per heavy atom. The number of hydrogen-bond acceptors (Lipinski definition) is 3. The van der Waals surface area contributed by atoms with Crippen LogP contribution in [-0.2, 0) is 6.54 Å². The van der Waals surface area contributed by atoms with Crippen LogP contribution in [0.5, 0.6) is 0 Å². The average Bonchev–Trinajstić information content (AvgIpc) is 3.00. The summed E-state index contributed by atoms with van der Waals surface area (Å²) in [4.78, 5) is 12.3. The number of nitrogens with one attached hydrogen (secondary N) is 2. The van der Waals surface area contributed by atoms with Gasteiger partial charge in [0.2, 0.25) is 0 Å². The van der Waals surface area contributed by atoms with Gasteiger partial charge in [0, 0.05) is 17.0 Å². The lowest BCUT2D eigenvalue weighted by Crippen LogP contribution is -2.03. The van der Waals surface area contributed by atoms with E-state index in [-0.39, 0.29) is 0 Å². The summed E-state index contributed by atoms with van der Waals surface area (Å²) in [5.41, 5.74) is 2.91. The monoisotopic (exact) mass is 274 g/mol. The number of benzene rings is 1. The second-order valence-corrected chi connectivity index (χ2v) is 4.96. The summed E-state index contributed by atoms with van der Waals surface area (Å²) < 4.78 is 0. The topological polar surface area (TPSA) is 53.6 Å². The van der Waals surface area contributed by atoms with E-state index < -0.39 is 0 Å². The summed E-state index contributed by atoms with van der Waals surface area (Å²) in [6.45, 7) is 0.657. The summed E-state index contributed by atoms with van der Waals surface area (Å²) in [5.74, 6) is 0.847. The molecule has 0 spiro atoms. The summed E-state index contributed by atoms with van der Waals surface area (Å²) >= 11 is 0. The van der Waals surface area contributed by atoms with Crippen LogP contribution >= 0.6 is 0 Å². The number of para-hydroxylation sites is 1. The van der Waals surface area contributed by atoms with Crippen LogP contribution in [-0.4, -0.2) is 15.0 Å². The van der Waals surface area contributed by atoms with Crippen molar-refractivity contribution in [3.63, 3.8) is 0 Å². The van der Waals surface area contributed by atoms with E-state index in [9.17, 15) is 0 Å². The lowest BCUT2D eigenvalue weighted by molar-refractivity contribution is 1.05. The van der Waals surface area contributed by atoms with Crippen LogP contribution in [0.2, 0.25) is 0 Å². The maximum Gasteiger partial charge on any atom is 0.139 e. The Balaban J connectivity index is 1.56. The minimum absolute atomic E-state index is 0.657. The van der Waals surface area contributed by atoms with Gasteiger partial charge in [-0.25, -0.2) is 4.98 Å². The highest BCUT2D eigenvalue weighted by Gasteiger charge is 2.01. The van der Waals surface area contributed by atoms with Gasteiger partial charge in [-0.15, -0.1) is 0 Å². The van der Waals surface area contributed by atoms with Crippen molar-refractivity contribution in [2.45, 2.75) is 6.54 Å². The molecule has 0 unspecified atom stereocenters. The molecule has 4 nitrogen and oxygen atoms in total. The molecule has 4 aromatic rings. The largest absolute Gasteiger partial charge is 0.364 e. The maximum absolute atomic E-state index is 4.64. The molecule has 1 aromatic carbocycles. The molecule has 0 aliphatic carbocycles. The van der Waals surface area contributed by atoms with Crippen molar-refractivity contribution >= 4 is 27.8 Å². The van der Waals surface area contributed by atoms with Crippen molar-refractivity contribution in [3.05, 3.63) is 66.5 Å². The molecule has 0 saturated heterocycles. The molecule has 0 fully saturated rings. The quantitative estimate of drug-likeness (QED) is 0.598. The number of aromatic nitrogens is 3. The fourth-order valence-electron chi connectivity index (χ4n) is 2.42. The first-order valence-corrected chi connectivity index (χ1v) is 6.91. The second kappa shape index (κ2) is 4.90. The molecule has 4 heteroatoms. The van der Waals surface area contributed by atoms with Gasteiger partial charge in [0.25, 0.3) is 0 Å². The number of H-pyrrole nitrogens is 1. The van der Waals surface area contributed by atoms with Crippen molar-refractivity contribution in [1.82, 2.24) is 15.0 Å². The van der Waals surface area contributed by atoms with E-state index in [1.54, 1.807) is 0 Å². The third-order valence-electron chi connectivity index (χ3n) is 3.52. The van der Waals surface area contributed by atoms with Crippen LogP contribution in [0.4, 0.5) is 5.82 Å². The standard InChI is InChI=1S/C17H14N4/c1-2-4-15-12(3-1)5-7-14(20-15)11-19-16-8-6-13-9-10-18-17(13)21-16/h1-10H,11H2,(H2,18,19,21). The second-order valence-electron chi connectivity index (χ2n) is 4.96. The Labute approximate surface area is 121 Å². The number of nitrogens with zero attached hydrogens (tertiary/aromatic N) is 2. The minimum Gasteiger partial charge on any atom is -0.364 e. The Morgan fingerprint density at radius 3 is 2.76 bits per heavy atom. The number of pyridine rings is 2. The normalized spacial score (nSPS) is 11.0. The molecule has 0 saturated carbocycles. The molecule has 0 aliphatic heterocycles. The third-order valence-corrected chi connectivity index (χ3v) is 3.52. The van der Waals surface area contributed by atoms with E-state index in [1.807, 2.05) is 42.6 Å². The SMILES string of the molecule is c1ccc2nc(CNc3ccc4cc[nH]c4n3)ccc2c1. The number of aromatic amines is 1. The zero-order valence-corrected chi connectivity index (χ0v) is 11.4. The maximum atomic E-state index is 4.64. The Hall–Kier alpha value is -2.88.